The Morgan fingerprint density at radius 3 is 3.00 bits per heavy atom. The molecule has 1 aromatic rings. The number of imidazole rings is 1. The Kier molecular flexibility index (Phi) is 3.96. The molecule has 2 heterocycles. The van der Waals surface area contributed by atoms with Gasteiger partial charge < -0.3 is 10.3 Å². The van der Waals surface area contributed by atoms with Crippen molar-refractivity contribution in [3.8, 4) is 0 Å². The standard InChI is InChI=1S/C12H22N4/c1-11-3-2-5-16(12(11)9-13)8-7-15-6-4-14-10-15/h4,6,10-12H,2-3,5,7-9,13H2,1H3. The molecule has 16 heavy (non-hydrogen) atoms. The Hall–Kier alpha value is -0.870. The van der Waals surface area contributed by atoms with Crippen molar-refractivity contribution in [1.82, 2.24) is 14.5 Å². The van der Waals surface area contributed by atoms with Gasteiger partial charge in [-0.3, -0.25) is 4.90 Å². The monoisotopic (exact) mass is 222 g/mol. The molecule has 0 saturated carbocycles. The predicted molar refractivity (Wildman–Crippen MR) is 65.0 cm³/mol. The minimum absolute atomic E-state index is 0.567. The van der Waals surface area contributed by atoms with Gasteiger partial charge in [-0.25, -0.2) is 4.98 Å². The summed E-state index contributed by atoms with van der Waals surface area (Å²) in [5, 5.41) is 0. The van der Waals surface area contributed by atoms with Gasteiger partial charge in [-0.2, -0.15) is 0 Å². The third-order valence-corrected chi connectivity index (χ3v) is 3.68. The summed E-state index contributed by atoms with van der Waals surface area (Å²) in [5.41, 5.74) is 5.87. The van der Waals surface area contributed by atoms with Crippen LogP contribution in [0.4, 0.5) is 0 Å². The summed E-state index contributed by atoms with van der Waals surface area (Å²) in [5.74, 6) is 0.738. The highest BCUT2D eigenvalue weighted by Crippen LogP contribution is 2.22. The van der Waals surface area contributed by atoms with Crippen molar-refractivity contribution in [1.29, 1.82) is 0 Å². The highest BCUT2D eigenvalue weighted by Gasteiger charge is 2.26. The summed E-state index contributed by atoms with van der Waals surface area (Å²) < 4.78 is 2.13. The molecular formula is C12H22N4. The van der Waals surface area contributed by atoms with Crippen LogP contribution in [-0.2, 0) is 6.54 Å². The van der Waals surface area contributed by atoms with Crippen molar-refractivity contribution in [2.75, 3.05) is 19.6 Å². The molecule has 0 aliphatic carbocycles. The maximum absolute atomic E-state index is 5.87. The number of aromatic nitrogens is 2. The molecule has 90 valence electrons. The van der Waals surface area contributed by atoms with Gasteiger partial charge in [0.15, 0.2) is 0 Å². The lowest BCUT2D eigenvalue weighted by Gasteiger charge is -2.39. The third-order valence-electron chi connectivity index (χ3n) is 3.68. The zero-order chi connectivity index (χ0) is 11.4. The molecule has 1 aromatic heterocycles. The predicted octanol–water partition coefficient (Wildman–Crippen LogP) is 0.942. The Balaban J connectivity index is 1.87. The average Bonchev–Trinajstić information content (AvgIpc) is 2.79. The van der Waals surface area contributed by atoms with Crippen LogP contribution in [0.3, 0.4) is 0 Å². The maximum Gasteiger partial charge on any atom is 0.0946 e. The molecule has 1 aliphatic heterocycles. The molecular weight excluding hydrogens is 200 g/mol. The lowest BCUT2D eigenvalue weighted by molar-refractivity contribution is 0.102. The normalized spacial score (nSPS) is 27.1. The van der Waals surface area contributed by atoms with Gasteiger partial charge in [-0.1, -0.05) is 6.92 Å². The maximum atomic E-state index is 5.87. The van der Waals surface area contributed by atoms with E-state index in [-0.39, 0.29) is 0 Å². The van der Waals surface area contributed by atoms with Gasteiger partial charge in [0, 0.05) is 38.1 Å². The summed E-state index contributed by atoms with van der Waals surface area (Å²) >= 11 is 0. The highest BCUT2D eigenvalue weighted by atomic mass is 15.2. The first-order chi connectivity index (χ1) is 7.81. The van der Waals surface area contributed by atoms with Crippen molar-refractivity contribution in [2.45, 2.75) is 32.4 Å². The van der Waals surface area contributed by atoms with Gasteiger partial charge in [0.05, 0.1) is 6.33 Å². The first-order valence-electron chi connectivity index (χ1n) is 6.21. The number of rotatable bonds is 4. The zero-order valence-electron chi connectivity index (χ0n) is 10.0. The van der Waals surface area contributed by atoms with Gasteiger partial charge in [0.2, 0.25) is 0 Å². The molecule has 1 aliphatic rings. The number of likely N-dealkylation sites (tertiary alicyclic amines) is 1. The molecule has 4 nitrogen and oxygen atoms in total. The summed E-state index contributed by atoms with van der Waals surface area (Å²) in [6, 6.07) is 0.567. The lowest BCUT2D eigenvalue weighted by Crippen LogP contribution is -2.49. The molecule has 1 fully saturated rings. The number of hydrogen-bond acceptors (Lipinski definition) is 3. The summed E-state index contributed by atoms with van der Waals surface area (Å²) in [7, 11) is 0. The molecule has 0 radical (unpaired) electrons. The van der Waals surface area contributed by atoms with Gasteiger partial charge in [-0.05, 0) is 25.3 Å². The zero-order valence-corrected chi connectivity index (χ0v) is 10.0. The van der Waals surface area contributed by atoms with E-state index < -0.39 is 0 Å². The third kappa shape index (κ3) is 2.62. The fourth-order valence-electron chi connectivity index (χ4n) is 2.66. The van der Waals surface area contributed by atoms with Crippen LogP contribution in [0.5, 0.6) is 0 Å². The quantitative estimate of drug-likeness (QED) is 0.825. The minimum Gasteiger partial charge on any atom is -0.336 e. The molecule has 1 saturated heterocycles. The van der Waals surface area contributed by atoms with Gasteiger partial charge in [0.25, 0.3) is 0 Å². The van der Waals surface area contributed by atoms with Gasteiger partial charge >= 0.3 is 0 Å². The molecule has 4 heteroatoms. The van der Waals surface area contributed by atoms with E-state index in [0.717, 1.165) is 25.6 Å². The fraction of sp³-hybridized carbons (Fsp3) is 0.750. The number of hydrogen-bond donors (Lipinski definition) is 1. The second-order valence-electron chi connectivity index (χ2n) is 4.76. The van der Waals surface area contributed by atoms with Crippen LogP contribution in [0, 0.1) is 5.92 Å². The Morgan fingerprint density at radius 2 is 2.31 bits per heavy atom. The Labute approximate surface area is 97.4 Å². The smallest absolute Gasteiger partial charge is 0.0946 e. The molecule has 0 spiro atoms. The van der Waals surface area contributed by atoms with E-state index in [1.54, 1.807) is 0 Å². The van der Waals surface area contributed by atoms with Crippen molar-refractivity contribution in [3.05, 3.63) is 18.7 Å². The second kappa shape index (κ2) is 5.46. The van der Waals surface area contributed by atoms with E-state index in [4.69, 9.17) is 5.73 Å². The number of nitrogens with zero attached hydrogens (tertiary/aromatic N) is 3. The van der Waals surface area contributed by atoms with Crippen molar-refractivity contribution >= 4 is 0 Å². The molecule has 2 unspecified atom stereocenters. The topological polar surface area (TPSA) is 47.1 Å². The summed E-state index contributed by atoms with van der Waals surface area (Å²) in [4.78, 5) is 6.60. The molecule has 0 amide bonds. The van der Waals surface area contributed by atoms with Crippen LogP contribution in [0.15, 0.2) is 18.7 Å². The van der Waals surface area contributed by atoms with E-state index >= 15 is 0 Å². The first-order valence-corrected chi connectivity index (χ1v) is 6.21. The average molecular weight is 222 g/mol. The van der Waals surface area contributed by atoms with Gasteiger partial charge in [-0.15, -0.1) is 0 Å². The van der Waals surface area contributed by atoms with Gasteiger partial charge in [0.1, 0.15) is 0 Å². The molecule has 2 N–H and O–H groups in total. The second-order valence-corrected chi connectivity index (χ2v) is 4.76. The van der Waals surface area contributed by atoms with Crippen LogP contribution in [0.25, 0.3) is 0 Å². The minimum atomic E-state index is 0.567. The highest BCUT2D eigenvalue weighted by molar-refractivity contribution is 4.83. The van der Waals surface area contributed by atoms with Crippen molar-refractivity contribution in [3.63, 3.8) is 0 Å². The summed E-state index contributed by atoms with van der Waals surface area (Å²) in [6.45, 7) is 6.40. The number of piperidine rings is 1. The first kappa shape index (κ1) is 11.6. The van der Waals surface area contributed by atoms with Crippen LogP contribution >= 0.6 is 0 Å². The molecule has 2 rings (SSSR count). The lowest BCUT2D eigenvalue weighted by atomic mass is 9.91. The van der Waals surface area contributed by atoms with E-state index in [9.17, 15) is 0 Å². The van der Waals surface area contributed by atoms with Crippen LogP contribution < -0.4 is 5.73 Å². The van der Waals surface area contributed by atoms with Crippen LogP contribution in [-0.4, -0.2) is 40.1 Å². The Morgan fingerprint density at radius 1 is 1.44 bits per heavy atom. The number of nitrogens with two attached hydrogens (primary N) is 1. The van der Waals surface area contributed by atoms with E-state index in [0.29, 0.717) is 6.04 Å². The fourth-order valence-corrected chi connectivity index (χ4v) is 2.66. The van der Waals surface area contributed by atoms with E-state index in [1.165, 1.54) is 19.4 Å². The van der Waals surface area contributed by atoms with E-state index in [2.05, 4.69) is 21.4 Å². The summed E-state index contributed by atoms with van der Waals surface area (Å²) in [6.07, 6.45) is 8.36. The van der Waals surface area contributed by atoms with Crippen molar-refractivity contribution < 1.29 is 0 Å². The van der Waals surface area contributed by atoms with Crippen LogP contribution in [0.2, 0.25) is 0 Å². The molecule has 0 aromatic carbocycles. The molecule has 0 bridgehead atoms. The van der Waals surface area contributed by atoms with Crippen LogP contribution in [0.1, 0.15) is 19.8 Å². The van der Waals surface area contributed by atoms with Crippen molar-refractivity contribution in [2.24, 2.45) is 11.7 Å². The van der Waals surface area contributed by atoms with E-state index in [1.807, 2.05) is 18.7 Å². The SMILES string of the molecule is CC1CCCN(CCn2ccnc2)C1CN. The largest absolute Gasteiger partial charge is 0.336 e. The molecule has 2 atom stereocenters. The Bertz CT molecular complexity index is 296.